The topological polar surface area (TPSA) is 76.1 Å². The highest BCUT2D eigenvalue weighted by Crippen LogP contribution is 2.31. The molecule has 0 amide bonds. The summed E-state index contributed by atoms with van der Waals surface area (Å²) in [6, 6.07) is 13.9. The van der Waals surface area contributed by atoms with E-state index in [-0.39, 0.29) is 17.6 Å². The highest BCUT2D eigenvalue weighted by atomic mass is 35.5. The lowest BCUT2D eigenvalue weighted by molar-refractivity contribution is -0.0710. The number of anilines is 2. The number of halogens is 1. The fraction of sp³-hybridized carbons (Fsp3) is 0.379. The molecule has 2 atom stereocenters. The van der Waals surface area contributed by atoms with Crippen molar-refractivity contribution in [1.82, 2.24) is 24.8 Å². The van der Waals surface area contributed by atoms with Crippen molar-refractivity contribution in [2.75, 3.05) is 18.4 Å². The van der Waals surface area contributed by atoms with Crippen LogP contribution in [0, 0.1) is 0 Å². The second-order valence-corrected chi connectivity index (χ2v) is 11.2. The van der Waals surface area contributed by atoms with Gasteiger partial charge in [-0.2, -0.15) is 0 Å². The highest BCUT2D eigenvalue weighted by molar-refractivity contribution is 6.33. The monoisotopic (exact) mass is 516 g/mol. The van der Waals surface area contributed by atoms with Crippen LogP contribution in [0.2, 0.25) is 5.02 Å². The van der Waals surface area contributed by atoms with Crippen LogP contribution in [-0.2, 0) is 16.7 Å². The van der Waals surface area contributed by atoms with E-state index in [1.54, 1.807) is 6.20 Å². The number of ether oxygens (including phenoxy) is 1. The molecule has 0 bridgehead atoms. The lowest BCUT2D eigenvalue weighted by Gasteiger charge is -2.34. The Morgan fingerprint density at radius 1 is 1.03 bits per heavy atom. The number of nitrogens with zero attached hydrogens (tertiary/aromatic N) is 5. The Hall–Kier alpha value is -3.13. The van der Waals surface area contributed by atoms with E-state index in [0.29, 0.717) is 11.6 Å². The van der Waals surface area contributed by atoms with Gasteiger partial charge in [0, 0.05) is 41.3 Å². The second kappa shape index (κ2) is 10.3. The maximum absolute atomic E-state index is 6.45. The third-order valence-electron chi connectivity index (χ3n) is 6.43. The van der Waals surface area contributed by atoms with E-state index in [9.17, 15) is 0 Å². The van der Waals surface area contributed by atoms with Gasteiger partial charge in [0.1, 0.15) is 11.6 Å². The molecule has 1 aliphatic heterocycles. The molecule has 8 heteroatoms. The normalized spacial score (nSPS) is 18.8. The summed E-state index contributed by atoms with van der Waals surface area (Å²) < 4.78 is 5.92. The van der Waals surface area contributed by atoms with Gasteiger partial charge < -0.3 is 10.1 Å². The van der Waals surface area contributed by atoms with Gasteiger partial charge in [-0.1, -0.05) is 38.4 Å². The fourth-order valence-corrected chi connectivity index (χ4v) is 4.98. The van der Waals surface area contributed by atoms with Crippen molar-refractivity contribution >= 4 is 34.0 Å². The number of pyridine rings is 2. The summed E-state index contributed by atoms with van der Waals surface area (Å²) in [7, 11) is 0. The molecule has 7 nitrogen and oxygen atoms in total. The molecule has 0 saturated carbocycles. The number of nitrogens with one attached hydrogen (secondary N) is 1. The van der Waals surface area contributed by atoms with Gasteiger partial charge in [-0.25, -0.2) is 9.97 Å². The number of aromatic nitrogens is 4. The van der Waals surface area contributed by atoms with E-state index in [1.807, 2.05) is 36.5 Å². The first-order valence-corrected chi connectivity index (χ1v) is 13.1. The Morgan fingerprint density at radius 3 is 2.49 bits per heavy atom. The van der Waals surface area contributed by atoms with Crippen molar-refractivity contribution in [2.45, 2.75) is 58.8 Å². The number of fused-ring (bicyclic) bond motifs is 1. The van der Waals surface area contributed by atoms with Crippen LogP contribution in [-0.4, -0.2) is 50.1 Å². The highest BCUT2D eigenvalue weighted by Gasteiger charge is 2.23. The number of benzene rings is 1. The van der Waals surface area contributed by atoms with Crippen LogP contribution >= 0.6 is 11.6 Å². The molecule has 0 spiro atoms. The molecule has 1 aliphatic rings. The van der Waals surface area contributed by atoms with Crippen LogP contribution in [0.1, 0.15) is 46.1 Å². The van der Waals surface area contributed by atoms with Crippen molar-refractivity contribution in [1.29, 1.82) is 0 Å². The Bertz CT molecular complexity index is 1390. The van der Waals surface area contributed by atoms with Crippen molar-refractivity contribution in [3.8, 4) is 11.3 Å². The Balaban J connectivity index is 1.54. The van der Waals surface area contributed by atoms with Gasteiger partial charge in [-0.3, -0.25) is 14.9 Å². The van der Waals surface area contributed by atoms with Gasteiger partial charge in [0.05, 0.1) is 46.9 Å². The predicted octanol–water partition coefficient (Wildman–Crippen LogP) is 6.39. The van der Waals surface area contributed by atoms with E-state index < -0.39 is 0 Å². The van der Waals surface area contributed by atoms with Gasteiger partial charge in [0.15, 0.2) is 0 Å². The molecule has 0 aliphatic carbocycles. The summed E-state index contributed by atoms with van der Waals surface area (Å²) in [4.78, 5) is 21.4. The largest absolute Gasteiger partial charge is 0.373 e. The number of hydrogen-bond acceptors (Lipinski definition) is 7. The van der Waals surface area contributed by atoms with Crippen LogP contribution in [0.5, 0.6) is 0 Å². The van der Waals surface area contributed by atoms with Crippen LogP contribution in [0.4, 0.5) is 11.5 Å². The van der Waals surface area contributed by atoms with Crippen molar-refractivity contribution in [3.63, 3.8) is 0 Å². The molecule has 1 fully saturated rings. The summed E-state index contributed by atoms with van der Waals surface area (Å²) in [5, 5.41) is 5.02. The maximum Gasteiger partial charge on any atom is 0.145 e. The molecule has 4 heterocycles. The molecule has 1 saturated heterocycles. The van der Waals surface area contributed by atoms with E-state index in [1.165, 1.54) is 0 Å². The summed E-state index contributed by atoms with van der Waals surface area (Å²) in [6.45, 7) is 13.0. The van der Waals surface area contributed by atoms with Crippen molar-refractivity contribution < 1.29 is 4.74 Å². The van der Waals surface area contributed by atoms with Gasteiger partial charge in [-0.15, -0.1) is 0 Å². The van der Waals surface area contributed by atoms with E-state index >= 15 is 0 Å². The van der Waals surface area contributed by atoms with Gasteiger partial charge in [0.2, 0.25) is 0 Å². The summed E-state index contributed by atoms with van der Waals surface area (Å²) in [5.74, 6) is 1.50. The molecule has 4 aromatic rings. The minimum absolute atomic E-state index is 0.0110. The molecule has 0 unspecified atom stereocenters. The number of rotatable bonds is 5. The van der Waals surface area contributed by atoms with Gasteiger partial charge in [-0.05, 0) is 50.2 Å². The van der Waals surface area contributed by atoms with E-state index in [0.717, 1.165) is 58.3 Å². The quantitative estimate of drug-likeness (QED) is 0.329. The minimum Gasteiger partial charge on any atom is -0.373 e. The lowest BCUT2D eigenvalue weighted by atomic mass is 9.92. The molecular weight excluding hydrogens is 484 g/mol. The zero-order valence-electron chi connectivity index (χ0n) is 22.0. The zero-order valence-corrected chi connectivity index (χ0v) is 22.8. The molecule has 3 aromatic heterocycles. The van der Waals surface area contributed by atoms with Crippen LogP contribution in [0.25, 0.3) is 22.2 Å². The Kier molecular flexibility index (Phi) is 7.12. The smallest absolute Gasteiger partial charge is 0.145 e. The lowest BCUT2D eigenvalue weighted by Crippen LogP contribution is -2.45. The third kappa shape index (κ3) is 5.90. The molecular formula is C29H33ClN6O. The van der Waals surface area contributed by atoms with Crippen molar-refractivity contribution in [3.05, 3.63) is 71.4 Å². The third-order valence-corrected chi connectivity index (χ3v) is 6.74. The summed E-state index contributed by atoms with van der Waals surface area (Å²) in [5.41, 5.74) is 4.39. The van der Waals surface area contributed by atoms with Gasteiger partial charge >= 0.3 is 0 Å². The number of hydrogen-bond donors (Lipinski definition) is 1. The van der Waals surface area contributed by atoms with Crippen LogP contribution in [0.3, 0.4) is 0 Å². The molecule has 0 radical (unpaired) electrons. The summed E-state index contributed by atoms with van der Waals surface area (Å²) in [6.07, 6.45) is 3.96. The van der Waals surface area contributed by atoms with Crippen molar-refractivity contribution in [2.24, 2.45) is 0 Å². The minimum atomic E-state index is -0.0110. The average molecular weight is 517 g/mol. The average Bonchev–Trinajstić information content (AvgIpc) is 2.83. The second-order valence-electron chi connectivity index (χ2n) is 10.8. The molecule has 1 aromatic carbocycles. The number of morpholine rings is 1. The molecule has 37 heavy (non-hydrogen) atoms. The van der Waals surface area contributed by atoms with Crippen LogP contribution < -0.4 is 5.32 Å². The fourth-order valence-electron chi connectivity index (χ4n) is 4.75. The molecule has 5 rings (SSSR count). The first kappa shape index (κ1) is 25.5. The SMILES string of the molecule is C[C@@H]1CN(Cc2nc(Nc3ccc(C(C)(C)C)nc3)c3ccc(-c4ncccc4Cl)cc3n2)C[C@@H](C)O1. The summed E-state index contributed by atoms with van der Waals surface area (Å²) >= 11 is 6.45. The van der Waals surface area contributed by atoms with Gasteiger partial charge in [0.25, 0.3) is 0 Å². The molecule has 1 N–H and O–H groups in total. The van der Waals surface area contributed by atoms with Crippen LogP contribution in [0.15, 0.2) is 54.9 Å². The van der Waals surface area contributed by atoms with E-state index in [4.69, 9.17) is 26.3 Å². The standard InChI is InChI=1S/C29H33ClN6O/c1-18-15-36(16-19(2)37-18)17-26-34-24-13-20(27-23(30)7-6-12-31-27)8-10-22(24)28(35-26)33-21-9-11-25(32-14-21)29(3,4)5/h6-14,18-19H,15-17H2,1-5H3,(H,33,34,35)/t18-,19-/m1/s1. The predicted molar refractivity (Wildman–Crippen MR) is 149 cm³/mol. The Labute approximate surface area is 223 Å². The maximum atomic E-state index is 6.45. The van der Waals surface area contributed by atoms with E-state index in [2.05, 4.69) is 66.9 Å². The zero-order chi connectivity index (χ0) is 26.2. The molecule has 192 valence electrons. The Morgan fingerprint density at radius 2 is 1.81 bits per heavy atom. The first-order chi connectivity index (χ1) is 17.7. The first-order valence-electron chi connectivity index (χ1n) is 12.7.